The summed E-state index contributed by atoms with van der Waals surface area (Å²) >= 11 is 0. The highest BCUT2D eigenvalue weighted by Crippen LogP contribution is 2.21. The number of rotatable bonds is 4. The van der Waals surface area contributed by atoms with Crippen LogP contribution in [0.15, 0.2) is 48.8 Å². The number of aromatic amines is 1. The summed E-state index contributed by atoms with van der Waals surface area (Å²) in [6, 6.07) is 12.0. The van der Waals surface area contributed by atoms with E-state index in [1.54, 1.807) is 13.3 Å². The third kappa shape index (κ3) is 2.38. The normalized spacial score (nSPS) is 10.6. The molecule has 0 aliphatic rings. The molecule has 0 unspecified atom stereocenters. The number of aromatic nitrogens is 2. The lowest BCUT2D eigenvalue weighted by molar-refractivity contribution is 0.414. The van der Waals surface area contributed by atoms with E-state index in [4.69, 9.17) is 4.74 Å². The highest BCUT2D eigenvalue weighted by atomic mass is 16.5. The lowest BCUT2D eigenvalue weighted by atomic mass is 10.2. The van der Waals surface area contributed by atoms with Gasteiger partial charge in [-0.05, 0) is 29.8 Å². The Balaban J connectivity index is 1.74. The smallest absolute Gasteiger partial charge is 0.139 e. The molecule has 0 saturated heterocycles. The second kappa shape index (κ2) is 5.02. The molecule has 0 amide bonds. The third-order valence-corrected chi connectivity index (χ3v) is 3.09. The molecule has 0 radical (unpaired) electrons. The van der Waals surface area contributed by atoms with E-state index in [1.165, 1.54) is 5.56 Å². The van der Waals surface area contributed by atoms with Crippen LogP contribution >= 0.6 is 0 Å². The number of fused-ring (bicyclic) bond motifs is 1. The van der Waals surface area contributed by atoms with Crippen LogP contribution in [-0.4, -0.2) is 17.1 Å². The van der Waals surface area contributed by atoms with Crippen LogP contribution in [-0.2, 0) is 6.54 Å². The second-order valence-electron chi connectivity index (χ2n) is 4.30. The van der Waals surface area contributed by atoms with Crippen molar-refractivity contribution in [2.45, 2.75) is 6.54 Å². The monoisotopic (exact) mass is 253 g/mol. The minimum atomic E-state index is 0.770. The molecule has 0 aliphatic heterocycles. The highest BCUT2D eigenvalue weighted by molar-refractivity contribution is 5.89. The summed E-state index contributed by atoms with van der Waals surface area (Å²) in [6.07, 6.45) is 3.73. The summed E-state index contributed by atoms with van der Waals surface area (Å²) in [4.78, 5) is 7.42. The summed E-state index contributed by atoms with van der Waals surface area (Å²) in [7, 11) is 1.67. The molecule has 3 aromatic rings. The van der Waals surface area contributed by atoms with Crippen molar-refractivity contribution in [1.29, 1.82) is 0 Å². The molecule has 19 heavy (non-hydrogen) atoms. The van der Waals surface area contributed by atoms with Crippen molar-refractivity contribution >= 4 is 16.7 Å². The summed E-state index contributed by atoms with van der Waals surface area (Å²) in [6.45, 7) is 0.770. The molecule has 1 aromatic carbocycles. The number of pyridine rings is 1. The van der Waals surface area contributed by atoms with Crippen LogP contribution in [0.4, 0.5) is 5.69 Å². The molecule has 2 aromatic heterocycles. The summed E-state index contributed by atoms with van der Waals surface area (Å²) in [5.74, 6) is 0.875. The average Bonchev–Trinajstić information content (AvgIpc) is 2.89. The van der Waals surface area contributed by atoms with Crippen LogP contribution in [0.2, 0.25) is 0 Å². The van der Waals surface area contributed by atoms with E-state index in [-0.39, 0.29) is 0 Å². The van der Waals surface area contributed by atoms with Gasteiger partial charge in [-0.3, -0.25) is 0 Å². The number of nitrogens with zero attached hydrogens (tertiary/aromatic N) is 1. The maximum absolute atomic E-state index is 5.14. The fraction of sp³-hybridized carbons (Fsp3) is 0.133. The molecule has 0 saturated carbocycles. The van der Waals surface area contributed by atoms with Gasteiger partial charge in [-0.1, -0.05) is 12.1 Å². The predicted molar refractivity (Wildman–Crippen MR) is 76.4 cm³/mol. The minimum Gasteiger partial charge on any atom is -0.497 e. The van der Waals surface area contributed by atoms with Gasteiger partial charge in [0.05, 0.1) is 12.8 Å². The van der Waals surface area contributed by atoms with Crippen LogP contribution in [0.25, 0.3) is 11.0 Å². The predicted octanol–water partition coefficient (Wildman–Crippen LogP) is 3.18. The number of nitrogens with one attached hydrogen (secondary N) is 2. The number of hydrogen-bond donors (Lipinski definition) is 2. The van der Waals surface area contributed by atoms with Crippen LogP contribution in [0.5, 0.6) is 5.75 Å². The second-order valence-corrected chi connectivity index (χ2v) is 4.30. The van der Waals surface area contributed by atoms with Gasteiger partial charge in [-0.25, -0.2) is 4.98 Å². The van der Waals surface area contributed by atoms with E-state index in [0.717, 1.165) is 29.0 Å². The van der Waals surface area contributed by atoms with Gasteiger partial charge >= 0.3 is 0 Å². The lowest BCUT2D eigenvalue weighted by Crippen LogP contribution is -1.98. The van der Waals surface area contributed by atoms with Gasteiger partial charge in [-0.15, -0.1) is 0 Å². The SMILES string of the molecule is COc1ccc(CNc2c[nH]c3ncccc23)cc1. The highest BCUT2D eigenvalue weighted by Gasteiger charge is 2.03. The van der Waals surface area contributed by atoms with Crippen LogP contribution in [0.1, 0.15) is 5.56 Å². The Morgan fingerprint density at radius 1 is 1.21 bits per heavy atom. The largest absolute Gasteiger partial charge is 0.497 e. The van der Waals surface area contributed by atoms with Crippen molar-refractivity contribution in [2.75, 3.05) is 12.4 Å². The number of H-pyrrole nitrogens is 1. The zero-order valence-electron chi connectivity index (χ0n) is 10.7. The Morgan fingerprint density at radius 3 is 2.84 bits per heavy atom. The van der Waals surface area contributed by atoms with Gasteiger partial charge < -0.3 is 15.0 Å². The summed E-state index contributed by atoms with van der Waals surface area (Å²) in [5, 5.41) is 4.52. The molecular weight excluding hydrogens is 238 g/mol. The molecule has 0 atom stereocenters. The molecule has 0 bridgehead atoms. The molecule has 4 heteroatoms. The van der Waals surface area contributed by atoms with E-state index in [2.05, 4.69) is 33.5 Å². The van der Waals surface area contributed by atoms with Gasteiger partial charge in [0.2, 0.25) is 0 Å². The van der Waals surface area contributed by atoms with Crippen molar-refractivity contribution in [3.8, 4) is 5.75 Å². The van der Waals surface area contributed by atoms with Gasteiger partial charge in [-0.2, -0.15) is 0 Å². The molecule has 2 heterocycles. The fourth-order valence-electron chi connectivity index (χ4n) is 2.04. The van der Waals surface area contributed by atoms with Crippen LogP contribution in [0, 0.1) is 0 Å². The standard InChI is InChI=1S/C15H15N3O/c1-19-12-6-4-11(5-7-12)9-17-14-10-18-15-13(14)3-2-8-16-15/h2-8,10,17H,9H2,1H3,(H,16,18). The summed E-state index contributed by atoms with van der Waals surface area (Å²) < 4.78 is 5.14. The van der Waals surface area contributed by atoms with Gasteiger partial charge in [0, 0.05) is 24.3 Å². The van der Waals surface area contributed by atoms with Gasteiger partial charge in [0.25, 0.3) is 0 Å². The molecule has 4 nitrogen and oxygen atoms in total. The molecule has 3 rings (SSSR count). The Labute approximate surface area is 111 Å². The van der Waals surface area contributed by atoms with Crippen molar-refractivity contribution in [1.82, 2.24) is 9.97 Å². The molecule has 0 fully saturated rings. The zero-order chi connectivity index (χ0) is 13.1. The number of anilines is 1. The van der Waals surface area contributed by atoms with Crippen molar-refractivity contribution < 1.29 is 4.74 Å². The van der Waals surface area contributed by atoms with Crippen LogP contribution in [0.3, 0.4) is 0 Å². The van der Waals surface area contributed by atoms with E-state index in [0.29, 0.717) is 0 Å². The molecule has 96 valence electrons. The fourth-order valence-corrected chi connectivity index (χ4v) is 2.04. The van der Waals surface area contributed by atoms with E-state index in [1.807, 2.05) is 24.4 Å². The summed E-state index contributed by atoms with van der Waals surface area (Å²) in [5.41, 5.74) is 3.18. The maximum atomic E-state index is 5.14. The molecule has 0 aliphatic carbocycles. The molecular formula is C15H15N3O. The molecule has 2 N–H and O–H groups in total. The van der Waals surface area contributed by atoms with E-state index < -0.39 is 0 Å². The van der Waals surface area contributed by atoms with Crippen molar-refractivity contribution in [3.63, 3.8) is 0 Å². The third-order valence-electron chi connectivity index (χ3n) is 3.09. The first-order valence-electron chi connectivity index (χ1n) is 6.16. The number of ether oxygens (including phenoxy) is 1. The first-order chi connectivity index (χ1) is 9.36. The van der Waals surface area contributed by atoms with Crippen molar-refractivity contribution in [3.05, 3.63) is 54.4 Å². The minimum absolute atomic E-state index is 0.770. The maximum Gasteiger partial charge on any atom is 0.139 e. The first kappa shape index (κ1) is 11.6. The Morgan fingerprint density at radius 2 is 2.05 bits per heavy atom. The van der Waals surface area contributed by atoms with E-state index >= 15 is 0 Å². The van der Waals surface area contributed by atoms with Crippen LogP contribution < -0.4 is 10.1 Å². The number of benzene rings is 1. The first-order valence-corrected chi connectivity index (χ1v) is 6.16. The quantitative estimate of drug-likeness (QED) is 0.750. The molecule has 0 spiro atoms. The Bertz CT molecular complexity index is 673. The topological polar surface area (TPSA) is 49.9 Å². The average molecular weight is 253 g/mol. The zero-order valence-corrected chi connectivity index (χ0v) is 10.7. The van der Waals surface area contributed by atoms with E-state index in [9.17, 15) is 0 Å². The Kier molecular flexibility index (Phi) is 3.06. The van der Waals surface area contributed by atoms with Crippen molar-refractivity contribution in [2.24, 2.45) is 0 Å². The van der Waals surface area contributed by atoms with Gasteiger partial charge in [0.1, 0.15) is 11.4 Å². The van der Waals surface area contributed by atoms with Gasteiger partial charge in [0.15, 0.2) is 0 Å². The lowest BCUT2D eigenvalue weighted by Gasteiger charge is -2.06. The number of methoxy groups -OCH3 is 1. The number of hydrogen-bond acceptors (Lipinski definition) is 3. The Hall–Kier alpha value is -2.49.